The summed E-state index contributed by atoms with van der Waals surface area (Å²) >= 11 is 0. The zero-order chi connectivity index (χ0) is 14.3. The third kappa shape index (κ3) is 2.91. The van der Waals surface area contributed by atoms with Crippen LogP contribution in [0.1, 0.15) is 46.5 Å². The molecule has 5 heteroatoms. The summed E-state index contributed by atoms with van der Waals surface area (Å²) < 4.78 is 0. The van der Waals surface area contributed by atoms with Gasteiger partial charge in [0, 0.05) is 12.0 Å². The van der Waals surface area contributed by atoms with Gasteiger partial charge in [0.2, 0.25) is 11.8 Å². The molecule has 1 heterocycles. The highest BCUT2D eigenvalue weighted by atomic mass is 16.3. The van der Waals surface area contributed by atoms with E-state index < -0.39 is 11.0 Å². The van der Waals surface area contributed by atoms with Crippen LogP contribution < -0.4 is 5.32 Å². The SMILES string of the molecule is CC(C)(C)C(=O)N1CCCC1C(=O)NC1(CO)CC1. The van der Waals surface area contributed by atoms with E-state index in [-0.39, 0.29) is 24.5 Å². The molecule has 0 radical (unpaired) electrons. The van der Waals surface area contributed by atoms with Gasteiger partial charge in [0.1, 0.15) is 6.04 Å². The Kier molecular flexibility index (Phi) is 3.60. The summed E-state index contributed by atoms with van der Waals surface area (Å²) in [6.07, 6.45) is 3.24. The first-order chi connectivity index (χ1) is 8.79. The first-order valence-electron chi connectivity index (χ1n) is 7.03. The van der Waals surface area contributed by atoms with Gasteiger partial charge < -0.3 is 15.3 Å². The van der Waals surface area contributed by atoms with E-state index in [2.05, 4.69) is 5.32 Å². The van der Waals surface area contributed by atoms with Gasteiger partial charge in [-0.2, -0.15) is 0 Å². The standard InChI is InChI=1S/C14H24N2O3/c1-13(2,3)12(19)16-8-4-5-10(16)11(18)15-14(9-17)6-7-14/h10,17H,4-9H2,1-3H3,(H,15,18). The van der Waals surface area contributed by atoms with Crippen molar-refractivity contribution < 1.29 is 14.7 Å². The highest BCUT2D eigenvalue weighted by molar-refractivity contribution is 5.90. The Bertz CT molecular complexity index is 383. The van der Waals surface area contributed by atoms with Crippen molar-refractivity contribution in [2.75, 3.05) is 13.2 Å². The molecule has 1 atom stereocenters. The lowest BCUT2D eigenvalue weighted by Crippen LogP contribution is -2.52. The van der Waals surface area contributed by atoms with Crippen molar-refractivity contribution in [3.8, 4) is 0 Å². The summed E-state index contributed by atoms with van der Waals surface area (Å²) in [5.74, 6) is -0.0827. The smallest absolute Gasteiger partial charge is 0.243 e. The molecule has 2 amide bonds. The number of hydrogen-bond donors (Lipinski definition) is 2. The summed E-state index contributed by atoms with van der Waals surface area (Å²) in [6.45, 7) is 6.26. The molecule has 2 N–H and O–H groups in total. The number of nitrogens with zero attached hydrogens (tertiary/aromatic N) is 1. The number of carbonyl (C=O) groups is 2. The third-order valence-corrected chi connectivity index (χ3v) is 4.00. The fourth-order valence-corrected chi connectivity index (χ4v) is 2.53. The van der Waals surface area contributed by atoms with Gasteiger partial charge in [-0.3, -0.25) is 9.59 Å². The van der Waals surface area contributed by atoms with Crippen LogP contribution in [-0.4, -0.2) is 46.6 Å². The number of likely N-dealkylation sites (tertiary alicyclic amines) is 1. The van der Waals surface area contributed by atoms with E-state index in [9.17, 15) is 14.7 Å². The van der Waals surface area contributed by atoms with Crippen molar-refractivity contribution in [3.05, 3.63) is 0 Å². The first-order valence-corrected chi connectivity index (χ1v) is 7.03. The quantitative estimate of drug-likeness (QED) is 0.790. The van der Waals surface area contributed by atoms with E-state index in [1.807, 2.05) is 20.8 Å². The molecule has 0 bridgehead atoms. The minimum atomic E-state index is -0.461. The van der Waals surface area contributed by atoms with Crippen LogP contribution in [0, 0.1) is 5.41 Å². The first kappa shape index (κ1) is 14.3. The Hall–Kier alpha value is -1.10. The van der Waals surface area contributed by atoms with Crippen LogP contribution in [0.5, 0.6) is 0 Å². The van der Waals surface area contributed by atoms with Gasteiger partial charge in [0.25, 0.3) is 0 Å². The predicted molar refractivity (Wildman–Crippen MR) is 71.4 cm³/mol. The fraction of sp³-hybridized carbons (Fsp3) is 0.857. The van der Waals surface area contributed by atoms with Crippen molar-refractivity contribution in [3.63, 3.8) is 0 Å². The molecule has 108 valence electrons. The molecule has 2 aliphatic rings. The van der Waals surface area contributed by atoms with Gasteiger partial charge in [-0.1, -0.05) is 20.8 Å². The lowest BCUT2D eigenvalue weighted by molar-refractivity contribution is -0.145. The molecule has 5 nitrogen and oxygen atoms in total. The molecule has 1 saturated heterocycles. The maximum Gasteiger partial charge on any atom is 0.243 e. The summed E-state index contributed by atoms with van der Waals surface area (Å²) in [4.78, 5) is 26.3. The Morgan fingerprint density at radius 2 is 2.00 bits per heavy atom. The summed E-state index contributed by atoms with van der Waals surface area (Å²) in [5.41, 5.74) is -0.868. The van der Waals surface area contributed by atoms with Gasteiger partial charge in [0.05, 0.1) is 12.1 Å². The highest BCUT2D eigenvalue weighted by Crippen LogP contribution is 2.35. The van der Waals surface area contributed by atoms with E-state index >= 15 is 0 Å². The Labute approximate surface area is 114 Å². The van der Waals surface area contributed by atoms with E-state index in [0.717, 1.165) is 25.7 Å². The van der Waals surface area contributed by atoms with Gasteiger partial charge in [-0.15, -0.1) is 0 Å². The maximum absolute atomic E-state index is 12.3. The number of aliphatic hydroxyl groups excluding tert-OH is 1. The molecule has 1 aliphatic heterocycles. The Morgan fingerprint density at radius 1 is 1.37 bits per heavy atom. The number of aliphatic hydroxyl groups is 1. The summed E-state index contributed by atoms with van der Waals surface area (Å²) in [6, 6.07) is -0.365. The van der Waals surface area contributed by atoms with Crippen molar-refractivity contribution >= 4 is 11.8 Å². The van der Waals surface area contributed by atoms with E-state index in [1.165, 1.54) is 0 Å². The highest BCUT2D eigenvalue weighted by Gasteiger charge is 2.46. The van der Waals surface area contributed by atoms with E-state index in [4.69, 9.17) is 0 Å². The maximum atomic E-state index is 12.3. The second-order valence-electron chi connectivity index (χ2n) is 6.83. The molecule has 1 saturated carbocycles. The fourth-order valence-electron chi connectivity index (χ4n) is 2.53. The average Bonchev–Trinajstić information content (AvgIpc) is 2.92. The van der Waals surface area contributed by atoms with Crippen LogP contribution in [0.3, 0.4) is 0 Å². The van der Waals surface area contributed by atoms with Crippen LogP contribution in [0.15, 0.2) is 0 Å². The molecule has 0 aromatic heterocycles. The van der Waals surface area contributed by atoms with Crippen LogP contribution in [0.2, 0.25) is 0 Å². The third-order valence-electron chi connectivity index (χ3n) is 4.00. The molecular weight excluding hydrogens is 244 g/mol. The number of rotatable bonds is 3. The molecule has 0 aromatic carbocycles. The van der Waals surface area contributed by atoms with Gasteiger partial charge in [-0.25, -0.2) is 0 Å². The van der Waals surface area contributed by atoms with Crippen molar-refractivity contribution in [1.82, 2.24) is 10.2 Å². The van der Waals surface area contributed by atoms with Crippen LogP contribution >= 0.6 is 0 Å². The lowest BCUT2D eigenvalue weighted by Gasteiger charge is -2.31. The molecule has 0 spiro atoms. The van der Waals surface area contributed by atoms with E-state index in [0.29, 0.717) is 6.54 Å². The number of hydrogen-bond acceptors (Lipinski definition) is 3. The van der Waals surface area contributed by atoms with Crippen LogP contribution in [0.25, 0.3) is 0 Å². The number of amides is 2. The molecule has 2 fully saturated rings. The van der Waals surface area contributed by atoms with Crippen molar-refractivity contribution in [2.45, 2.75) is 58.0 Å². The molecule has 1 aliphatic carbocycles. The predicted octanol–water partition coefficient (Wildman–Crippen LogP) is 0.665. The molecule has 2 rings (SSSR count). The second-order valence-corrected chi connectivity index (χ2v) is 6.83. The monoisotopic (exact) mass is 268 g/mol. The average molecular weight is 268 g/mol. The van der Waals surface area contributed by atoms with Crippen molar-refractivity contribution in [1.29, 1.82) is 0 Å². The van der Waals surface area contributed by atoms with Gasteiger partial charge >= 0.3 is 0 Å². The minimum Gasteiger partial charge on any atom is -0.394 e. The van der Waals surface area contributed by atoms with Crippen LogP contribution in [0.4, 0.5) is 0 Å². The number of carbonyl (C=O) groups excluding carboxylic acids is 2. The molecular formula is C14H24N2O3. The topological polar surface area (TPSA) is 69.6 Å². The minimum absolute atomic E-state index is 0.0152. The van der Waals surface area contributed by atoms with Gasteiger partial charge in [0.15, 0.2) is 0 Å². The van der Waals surface area contributed by atoms with Crippen LogP contribution in [-0.2, 0) is 9.59 Å². The summed E-state index contributed by atoms with van der Waals surface area (Å²) in [5, 5.41) is 12.2. The zero-order valence-corrected chi connectivity index (χ0v) is 12.0. The summed E-state index contributed by atoms with van der Waals surface area (Å²) in [7, 11) is 0. The molecule has 1 unspecified atom stereocenters. The van der Waals surface area contributed by atoms with Crippen molar-refractivity contribution in [2.24, 2.45) is 5.41 Å². The van der Waals surface area contributed by atoms with Gasteiger partial charge in [-0.05, 0) is 25.7 Å². The Morgan fingerprint density at radius 3 is 2.47 bits per heavy atom. The molecule has 0 aromatic rings. The molecule has 19 heavy (non-hydrogen) atoms. The lowest BCUT2D eigenvalue weighted by atomic mass is 9.94. The normalized spacial score (nSPS) is 25.3. The second kappa shape index (κ2) is 4.78. The number of nitrogens with one attached hydrogen (secondary N) is 1. The zero-order valence-electron chi connectivity index (χ0n) is 12.0. The largest absolute Gasteiger partial charge is 0.394 e. The Balaban J connectivity index is 2.02. The van der Waals surface area contributed by atoms with E-state index in [1.54, 1.807) is 4.90 Å².